The first-order valence-electron chi connectivity index (χ1n) is 5.03. The van der Waals surface area contributed by atoms with Crippen molar-refractivity contribution in [3.63, 3.8) is 0 Å². The summed E-state index contributed by atoms with van der Waals surface area (Å²) in [5.41, 5.74) is -0.178. The number of fused-ring (bicyclic) bond motifs is 1. The van der Waals surface area contributed by atoms with E-state index in [9.17, 15) is 5.11 Å². The minimum atomic E-state index is -0.178. The van der Waals surface area contributed by atoms with Gasteiger partial charge in [-0.3, -0.25) is 0 Å². The maximum absolute atomic E-state index is 10.3. The number of hydrogen-bond acceptors (Lipinski definition) is 1. The van der Waals surface area contributed by atoms with Crippen molar-refractivity contribution in [3.05, 3.63) is 0 Å². The molecular formula is C10H16O. The Hall–Kier alpha value is -0.0400. The molecular weight excluding hydrogens is 136 g/mol. The number of hydrogen-bond donors (Lipinski definition) is 1. The van der Waals surface area contributed by atoms with E-state index < -0.39 is 0 Å². The molecule has 3 saturated carbocycles. The van der Waals surface area contributed by atoms with Gasteiger partial charge in [-0.25, -0.2) is 0 Å². The van der Waals surface area contributed by atoms with Crippen LogP contribution in [-0.4, -0.2) is 10.7 Å². The molecule has 3 aliphatic carbocycles. The Kier molecular flexibility index (Phi) is 1.07. The van der Waals surface area contributed by atoms with Crippen LogP contribution in [0, 0.1) is 17.8 Å². The summed E-state index contributed by atoms with van der Waals surface area (Å²) in [5, 5.41) is 10.3. The van der Waals surface area contributed by atoms with Crippen molar-refractivity contribution in [1.29, 1.82) is 0 Å². The highest BCUT2D eigenvalue weighted by molar-refractivity contribution is 5.11. The predicted molar refractivity (Wildman–Crippen MR) is 43.1 cm³/mol. The molecule has 0 radical (unpaired) electrons. The molecule has 0 aliphatic heterocycles. The molecule has 1 N–H and O–H groups in total. The van der Waals surface area contributed by atoms with Crippen LogP contribution in [0.2, 0.25) is 0 Å². The molecule has 3 aliphatic rings. The minimum Gasteiger partial charge on any atom is -0.389 e. The predicted octanol–water partition coefficient (Wildman–Crippen LogP) is 1.95. The average Bonchev–Trinajstić information content (AvgIpc) is 2.52. The van der Waals surface area contributed by atoms with Crippen molar-refractivity contribution in [2.24, 2.45) is 17.8 Å². The molecule has 0 bridgehead atoms. The van der Waals surface area contributed by atoms with Crippen molar-refractivity contribution in [2.45, 2.75) is 44.1 Å². The average molecular weight is 152 g/mol. The monoisotopic (exact) mass is 152 g/mol. The second-order valence-corrected chi connectivity index (χ2v) is 4.76. The molecule has 0 aromatic carbocycles. The Labute approximate surface area is 67.8 Å². The van der Waals surface area contributed by atoms with Gasteiger partial charge in [0, 0.05) is 0 Å². The Morgan fingerprint density at radius 3 is 2.36 bits per heavy atom. The first-order chi connectivity index (χ1) is 5.31. The van der Waals surface area contributed by atoms with E-state index in [0.29, 0.717) is 5.92 Å². The van der Waals surface area contributed by atoms with Crippen LogP contribution in [0.3, 0.4) is 0 Å². The zero-order chi connectivity index (χ0) is 7.47. The van der Waals surface area contributed by atoms with E-state index in [1.54, 1.807) is 0 Å². The summed E-state index contributed by atoms with van der Waals surface area (Å²) in [7, 11) is 0. The van der Waals surface area contributed by atoms with Crippen LogP contribution in [-0.2, 0) is 0 Å². The van der Waals surface area contributed by atoms with Crippen molar-refractivity contribution in [1.82, 2.24) is 0 Å². The van der Waals surface area contributed by atoms with Gasteiger partial charge < -0.3 is 5.11 Å². The highest BCUT2D eigenvalue weighted by atomic mass is 16.3. The van der Waals surface area contributed by atoms with Crippen molar-refractivity contribution in [2.75, 3.05) is 0 Å². The fourth-order valence-electron chi connectivity index (χ4n) is 3.20. The zero-order valence-electron chi connectivity index (χ0n) is 6.92. The normalized spacial score (nSPS) is 55.4. The molecule has 62 valence electrons. The maximum Gasteiger partial charge on any atom is 0.0706 e. The second-order valence-electron chi connectivity index (χ2n) is 4.76. The van der Waals surface area contributed by atoms with Crippen LogP contribution in [0.5, 0.6) is 0 Å². The first kappa shape index (κ1) is 6.47. The summed E-state index contributed by atoms with van der Waals surface area (Å²) in [5.74, 6) is 2.35. The third-order valence-electron chi connectivity index (χ3n) is 4.29. The lowest BCUT2D eigenvalue weighted by atomic mass is 9.70. The van der Waals surface area contributed by atoms with Gasteiger partial charge in [0.25, 0.3) is 0 Å². The largest absolute Gasteiger partial charge is 0.389 e. The van der Waals surface area contributed by atoms with Crippen LogP contribution in [0.25, 0.3) is 0 Å². The Morgan fingerprint density at radius 1 is 1.18 bits per heavy atom. The molecule has 0 spiro atoms. The van der Waals surface area contributed by atoms with E-state index in [2.05, 4.69) is 0 Å². The van der Waals surface area contributed by atoms with Gasteiger partial charge in [0.2, 0.25) is 0 Å². The molecule has 3 rings (SSSR count). The smallest absolute Gasteiger partial charge is 0.0706 e. The summed E-state index contributed by atoms with van der Waals surface area (Å²) in [4.78, 5) is 0. The fraction of sp³-hybridized carbons (Fsp3) is 1.00. The van der Waals surface area contributed by atoms with Crippen LogP contribution < -0.4 is 0 Å². The van der Waals surface area contributed by atoms with E-state index in [4.69, 9.17) is 0 Å². The Bertz CT molecular complexity index is 185. The minimum absolute atomic E-state index is 0.178. The standard InChI is InChI=1S/C10H16O/c11-10(8-2-1-3-8)5-4-7-6-9(7)10/h7-9,11H,1-6H2. The second kappa shape index (κ2) is 1.82. The topological polar surface area (TPSA) is 20.2 Å². The van der Waals surface area contributed by atoms with Gasteiger partial charge >= 0.3 is 0 Å². The van der Waals surface area contributed by atoms with Crippen LogP contribution in [0.15, 0.2) is 0 Å². The lowest BCUT2D eigenvalue weighted by Crippen LogP contribution is -2.41. The Morgan fingerprint density at radius 2 is 2.00 bits per heavy atom. The van der Waals surface area contributed by atoms with Gasteiger partial charge in [0.15, 0.2) is 0 Å². The Balaban J connectivity index is 1.81. The number of rotatable bonds is 1. The molecule has 0 amide bonds. The highest BCUT2D eigenvalue weighted by Crippen LogP contribution is 2.62. The molecule has 11 heavy (non-hydrogen) atoms. The molecule has 1 heteroatoms. The van der Waals surface area contributed by atoms with Gasteiger partial charge in [-0.05, 0) is 49.9 Å². The lowest BCUT2D eigenvalue weighted by Gasteiger charge is -2.40. The molecule has 0 aromatic rings. The van der Waals surface area contributed by atoms with Crippen LogP contribution in [0.4, 0.5) is 0 Å². The molecule has 3 unspecified atom stereocenters. The summed E-state index contributed by atoms with van der Waals surface area (Å²) in [6.45, 7) is 0. The van der Waals surface area contributed by atoms with Gasteiger partial charge in [0.05, 0.1) is 5.60 Å². The quantitative estimate of drug-likeness (QED) is 0.609. The lowest BCUT2D eigenvalue weighted by molar-refractivity contribution is -0.0625. The van der Waals surface area contributed by atoms with Crippen molar-refractivity contribution >= 4 is 0 Å². The van der Waals surface area contributed by atoms with Gasteiger partial charge in [-0.2, -0.15) is 0 Å². The van der Waals surface area contributed by atoms with Crippen LogP contribution in [0.1, 0.15) is 38.5 Å². The van der Waals surface area contributed by atoms with E-state index in [1.165, 1.54) is 32.1 Å². The molecule has 1 nitrogen and oxygen atoms in total. The number of aliphatic hydroxyl groups is 1. The highest BCUT2D eigenvalue weighted by Gasteiger charge is 2.60. The van der Waals surface area contributed by atoms with Crippen LogP contribution >= 0.6 is 0 Å². The summed E-state index contributed by atoms with van der Waals surface area (Å²) in [6, 6.07) is 0. The van der Waals surface area contributed by atoms with Gasteiger partial charge in [0.1, 0.15) is 0 Å². The van der Waals surface area contributed by atoms with Crippen molar-refractivity contribution < 1.29 is 5.11 Å². The molecule has 0 saturated heterocycles. The summed E-state index contributed by atoms with van der Waals surface area (Å²) in [6.07, 6.45) is 7.75. The molecule has 0 aromatic heterocycles. The molecule has 0 heterocycles. The third-order valence-corrected chi connectivity index (χ3v) is 4.29. The van der Waals surface area contributed by atoms with Crippen molar-refractivity contribution in [3.8, 4) is 0 Å². The maximum atomic E-state index is 10.3. The summed E-state index contributed by atoms with van der Waals surface area (Å²) < 4.78 is 0. The SMILES string of the molecule is OC1(C2CCC2)CCC2CC21. The van der Waals surface area contributed by atoms with Gasteiger partial charge in [-0.1, -0.05) is 6.42 Å². The molecule has 3 fully saturated rings. The zero-order valence-corrected chi connectivity index (χ0v) is 6.92. The van der Waals surface area contributed by atoms with E-state index >= 15 is 0 Å². The van der Waals surface area contributed by atoms with E-state index in [0.717, 1.165) is 18.3 Å². The third kappa shape index (κ3) is 0.703. The first-order valence-corrected chi connectivity index (χ1v) is 5.03. The fourth-order valence-corrected chi connectivity index (χ4v) is 3.20. The molecule has 3 atom stereocenters. The van der Waals surface area contributed by atoms with E-state index in [-0.39, 0.29) is 5.60 Å². The van der Waals surface area contributed by atoms with E-state index in [1.807, 2.05) is 0 Å². The van der Waals surface area contributed by atoms with Gasteiger partial charge in [-0.15, -0.1) is 0 Å². The summed E-state index contributed by atoms with van der Waals surface area (Å²) >= 11 is 0.